The molecule has 3 N–H and O–H groups in total. The fraction of sp³-hybridized carbons (Fsp3) is 0.923. The lowest BCUT2D eigenvalue weighted by Gasteiger charge is -2.30. The van der Waals surface area contributed by atoms with E-state index in [1.165, 1.54) is 0 Å². The van der Waals surface area contributed by atoms with E-state index >= 15 is 0 Å². The van der Waals surface area contributed by atoms with E-state index in [9.17, 15) is 4.79 Å². The molecule has 0 atom stereocenters. The number of hydrogen-bond donors (Lipinski definition) is 2. The molecule has 1 rings (SSSR count). The van der Waals surface area contributed by atoms with Crippen LogP contribution in [0.5, 0.6) is 0 Å². The van der Waals surface area contributed by atoms with Crippen LogP contribution < -0.4 is 5.73 Å². The normalized spacial score (nSPS) is 25.0. The summed E-state index contributed by atoms with van der Waals surface area (Å²) in [6, 6.07) is 0.500. The van der Waals surface area contributed by atoms with E-state index < -0.39 is 0 Å². The number of carbonyl (C=O) groups is 1. The Morgan fingerprint density at radius 1 is 1.35 bits per heavy atom. The summed E-state index contributed by atoms with van der Waals surface area (Å²) in [7, 11) is 0. The van der Waals surface area contributed by atoms with Gasteiger partial charge in [-0.2, -0.15) is 0 Å². The number of nitrogens with two attached hydrogens (primary N) is 1. The lowest BCUT2D eigenvalue weighted by Crippen LogP contribution is -2.40. The van der Waals surface area contributed by atoms with E-state index in [-0.39, 0.29) is 18.6 Å². The monoisotopic (exact) mass is 242 g/mol. The second-order valence-corrected chi connectivity index (χ2v) is 5.39. The summed E-state index contributed by atoms with van der Waals surface area (Å²) in [6.45, 7) is 4.47. The Morgan fingerprint density at radius 2 is 1.94 bits per heavy atom. The van der Waals surface area contributed by atoms with Crippen molar-refractivity contribution in [3.63, 3.8) is 0 Å². The van der Waals surface area contributed by atoms with Gasteiger partial charge in [-0.1, -0.05) is 0 Å². The molecule has 0 bridgehead atoms. The molecule has 4 heteroatoms. The molecule has 0 aromatic rings. The largest absolute Gasteiger partial charge is 0.395 e. The number of aliphatic hydroxyl groups excluding tert-OH is 1. The third-order valence-corrected chi connectivity index (χ3v) is 3.64. The number of hydrogen-bond acceptors (Lipinski definition) is 3. The van der Waals surface area contributed by atoms with Gasteiger partial charge in [0, 0.05) is 25.0 Å². The van der Waals surface area contributed by atoms with Crippen molar-refractivity contribution in [1.82, 2.24) is 4.90 Å². The number of aliphatic hydroxyl groups is 1. The van der Waals surface area contributed by atoms with Gasteiger partial charge < -0.3 is 15.7 Å². The van der Waals surface area contributed by atoms with Crippen molar-refractivity contribution in [3.8, 4) is 0 Å². The molecule has 0 saturated heterocycles. The van der Waals surface area contributed by atoms with Crippen molar-refractivity contribution < 1.29 is 9.90 Å². The maximum Gasteiger partial charge on any atom is 0.223 e. The molecule has 0 radical (unpaired) electrons. The van der Waals surface area contributed by atoms with Gasteiger partial charge in [-0.05, 0) is 45.4 Å². The molecule has 0 spiro atoms. The van der Waals surface area contributed by atoms with E-state index in [2.05, 4.69) is 0 Å². The van der Waals surface area contributed by atoms with Gasteiger partial charge in [0.25, 0.3) is 0 Å². The third-order valence-electron chi connectivity index (χ3n) is 3.64. The molecule has 1 saturated carbocycles. The number of carbonyl (C=O) groups excluding carboxylic acids is 1. The van der Waals surface area contributed by atoms with Crippen molar-refractivity contribution in [3.05, 3.63) is 0 Å². The first-order chi connectivity index (χ1) is 8.04. The van der Waals surface area contributed by atoms with Crippen molar-refractivity contribution in [2.45, 2.75) is 58.0 Å². The zero-order chi connectivity index (χ0) is 12.8. The maximum absolute atomic E-state index is 12.1. The highest BCUT2D eigenvalue weighted by atomic mass is 16.3. The highest BCUT2D eigenvalue weighted by molar-refractivity contribution is 5.76. The number of amides is 1. The van der Waals surface area contributed by atoms with E-state index in [0.717, 1.165) is 25.7 Å². The summed E-state index contributed by atoms with van der Waals surface area (Å²) >= 11 is 0. The molecular formula is C13H26N2O2. The van der Waals surface area contributed by atoms with Crippen molar-refractivity contribution in [2.24, 2.45) is 11.7 Å². The lowest BCUT2D eigenvalue weighted by atomic mass is 9.84. The van der Waals surface area contributed by atoms with Gasteiger partial charge in [-0.25, -0.2) is 0 Å². The molecule has 0 aromatic carbocycles. The summed E-state index contributed by atoms with van der Waals surface area (Å²) < 4.78 is 0. The molecule has 1 amide bonds. The zero-order valence-electron chi connectivity index (χ0n) is 11.1. The van der Waals surface area contributed by atoms with Crippen LogP contribution in [0.15, 0.2) is 0 Å². The summed E-state index contributed by atoms with van der Waals surface area (Å²) in [5, 5.41) is 8.96. The van der Waals surface area contributed by atoms with Crippen LogP contribution in [0.25, 0.3) is 0 Å². The number of rotatable bonds is 5. The van der Waals surface area contributed by atoms with E-state index in [1.54, 1.807) is 4.90 Å². The van der Waals surface area contributed by atoms with Gasteiger partial charge in [0.1, 0.15) is 0 Å². The van der Waals surface area contributed by atoms with Crippen molar-refractivity contribution in [2.75, 3.05) is 13.2 Å². The quantitative estimate of drug-likeness (QED) is 0.759. The molecule has 1 aliphatic carbocycles. The predicted octanol–water partition coefficient (Wildman–Crippen LogP) is 1.12. The fourth-order valence-corrected chi connectivity index (χ4v) is 2.54. The average molecular weight is 242 g/mol. The van der Waals surface area contributed by atoms with Crippen LogP contribution in [0.4, 0.5) is 0 Å². The van der Waals surface area contributed by atoms with Crippen LogP contribution in [0.2, 0.25) is 0 Å². The summed E-state index contributed by atoms with van der Waals surface area (Å²) in [5.74, 6) is 0.664. The molecule has 1 fully saturated rings. The minimum atomic E-state index is 0.0411. The molecular weight excluding hydrogens is 216 g/mol. The molecule has 0 aliphatic heterocycles. The molecule has 17 heavy (non-hydrogen) atoms. The van der Waals surface area contributed by atoms with Crippen molar-refractivity contribution in [1.29, 1.82) is 0 Å². The van der Waals surface area contributed by atoms with Crippen LogP contribution in [-0.2, 0) is 4.79 Å². The topological polar surface area (TPSA) is 66.6 Å². The Bertz CT molecular complexity index is 236. The Hall–Kier alpha value is -0.610. The second kappa shape index (κ2) is 6.97. The Morgan fingerprint density at radius 3 is 2.41 bits per heavy atom. The smallest absolute Gasteiger partial charge is 0.223 e. The van der Waals surface area contributed by atoms with E-state index in [1.807, 2.05) is 13.8 Å². The Labute approximate surface area is 104 Å². The van der Waals surface area contributed by atoms with Crippen molar-refractivity contribution >= 4 is 5.91 Å². The lowest BCUT2D eigenvalue weighted by molar-refractivity contribution is -0.134. The summed E-state index contributed by atoms with van der Waals surface area (Å²) in [4.78, 5) is 13.9. The third kappa shape index (κ3) is 4.64. The van der Waals surface area contributed by atoms with Crippen LogP contribution in [0.1, 0.15) is 46.0 Å². The first kappa shape index (κ1) is 14.5. The highest BCUT2D eigenvalue weighted by Crippen LogP contribution is 2.26. The van der Waals surface area contributed by atoms with Gasteiger partial charge in [0.2, 0.25) is 5.91 Å². The Kier molecular flexibility index (Phi) is 5.92. The molecule has 0 unspecified atom stereocenters. The first-order valence-electron chi connectivity index (χ1n) is 6.70. The summed E-state index contributed by atoms with van der Waals surface area (Å²) in [6.07, 6.45) is 4.83. The first-order valence-corrected chi connectivity index (χ1v) is 6.70. The minimum absolute atomic E-state index is 0.0411. The number of nitrogens with zero attached hydrogens (tertiary/aromatic N) is 1. The molecule has 4 nitrogen and oxygen atoms in total. The molecule has 1 aliphatic rings. The highest BCUT2D eigenvalue weighted by Gasteiger charge is 2.24. The van der Waals surface area contributed by atoms with Gasteiger partial charge in [-0.15, -0.1) is 0 Å². The fourth-order valence-electron chi connectivity index (χ4n) is 2.54. The second-order valence-electron chi connectivity index (χ2n) is 5.39. The average Bonchev–Trinajstić information content (AvgIpc) is 2.28. The van der Waals surface area contributed by atoms with Gasteiger partial charge >= 0.3 is 0 Å². The van der Waals surface area contributed by atoms with Gasteiger partial charge in [0.15, 0.2) is 0 Å². The van der Waals surface area contributed by atoms with Crippen LogP contribution in [0.3, 0.4) is 0 Å². The SMILES string of the molecule is CC(C)N(CCO)C(=O)CC1CCC(N)CC1. The molecule has 100 valence electrons. The Balaban J connectivity index is 2.41. The summed E-state index contributed by atoms with van der Waals surface area (Å²) in [5.41, 5.74) is 5.86. The standard InChI is InChI=1S/C13H26N2O2/c1-10(2)15(7-8-16)13(17)9-11-3-5-12(14)6-4-11/h10-12,16H,3-9,14H2,1-2H3. The van der Waals surface area contributed by atoms with Crippen LogP contribution in [-0.4, -0.2) is 41.1 Å². The maximum atomic E-state index is 12.1. The zero-order valence-corrected chi connectivity index (χ0v) is 11.1. The predicted molar refractivity (Wildman–Crippen MR) is 68.5 cm³/mol. The van der Waals surface area contributed by atoms with Gasteiger partial charge in [0.05, 0.1) is 6.61 Å². The van der Waals surface area contributed by atoms with Crippen LogP contribution in [0, 0.1) is 5.92 Å². The molecule has 0 aromatic heterocycles. The minimum Gasteiger partial charge on any atom is -0.395 e. The van der Waals surface area contributed by atoms with E-state index in [4.69, 9.17) is 10.8 Å². The van der Waals surface area contributed by atoms with E-state index in [0.29, 0.717) is 24.9 Å². The molecule has 0 heterocycles. The van der Waals surface area contributed by atoms with Gasteiger partial charge in [-0.3, -0.25) is 4.79 Å². The van der Waals surface area contributed by atoms with Crippen LogP contribution >= 0.6 is 0 Å².